The van der Waals surface area contributed by atoms with Gasteiger partial charge in [0.15, 0.2) is 0 Å². The van der Waals surface area contributed by atoms with E-state index in [9.17, 15) is 10.1 Å². The van der Waals surface area contributed by atoms with Crippen molar-refractivity contribution in [2.24, 2.45) is 0 Å². The number of halogens is 1. The molecule has 2 aromatic rings. The molecule has 1 heterocycles. The Hall–Kier alpha value is -1.95. The molecular weight excluding hydrogens is 334 g/mol. The molecular formula is C15H16BrN3O2. The Morgan fingerprint density at radius 3 is 2.48 bits per heavy atom. The van der Waals surface area contributed by atoms with E-state index in [1.165, 1.54) is 11.6 Å². The second kappa shape index (κ2) is 6.67. The summed E-state index contributed by atoms with van der Waals surface area (Å²) in [7, 11) is 1.80. The molecule has 0 spiro atoms. The van der Waals surface area contributed by atoms with Crippen LogP contribution >= 0.6 is 15.9 Å². The van der Waals surface area contributed by atoms with Crippen LogP contribution in [0.2, 0.25) is 0 Å². The van der Waals surface area contributed by atoms with Crippen LogP contribution in [0.3, 0.4) is 0 Å². The van der Waals surface area contributed by atoms with Gasteiger partial charge in [-0.2, -0.15) is 0 Å². The highest BCUT2D eigenvalue weighted by Gasteiger charge is 2.19. The molecule has 1 aromatic carbocycles. The molecule has 2 rings (SSSR count). The largest absolute Gasteiger partial charge is 0.350 e. The van der Waals surface area contributed by atoms with Crippen molar-refractivity contribution in [3.8, 4) is 0 Å². The number of benzene rings is 1. The van der Waals surface area contributed by atoms with Crippen LogP contribution in [0.1, 0.15) is 18.1 Å². The van der Waals surface area contributed by atoms with E-state index >= 15 is 0 Å². The normalized spacial score (nSPS) is 10.4. The number of hydrogen-bond acceptors (Lipinski definition) is 4. The standard InChI is InChI=1S/C15H16BrN3O2/c1-3-11-4-6-12(7-5-11)10-18(2)15-14(19(20)21)8-13(16)9-17-15/h4-9H,3,10H2,1-2H3. The molecule has 0 aliphatic heterocycles. The van der Waals surface area contributed by atoms with E-state index in [-0.39, 0.29) is 5.69 Å². The Labute approximate surface area is 131 Å². The van der Waals surface area contributed by atoms with Gasteiger partial charge >= 0.3 is 5.69 Å². The molecule has 0 amide bonds. The van der Waals surface area contributed by atoms with Gasteiger partial charge in [0.1, 0.15) is 0 Å². The zero-order chi connectivity index (χ0) is 15.4. The van der Waals surface area contributed by atoms with Crippen molar-refractivity contribution in [1.29, 1.82) is 0 Å². The minimum absolute atomic E-state index is 0.00273. The summed E-state index contributed by atoms with van der Waals surface area (Å²) in [4.78, 5) is 16.7. The van der Waals surface area contributed by atoms with Crippen LogP contribution in [0.5, 0.6) is 0 Å². The molecule has 0 atom stereocenters. The van der Waals surface area contributed by atoms with Crippen molar-refractivity contribution in [2.75, 3.05) is 11.9 Å². The zero-order valence-corrected chi connectivity index (χ0v) is 13.5. The Balaban J connectivity index is 2.23. The summed E-state index contributed by atoms with van der Waals surface area (Å²) in [5.41, 5.74) is 2.36. The van der Waals surface area contributed by atoms with Crippen molar-refractivity contribution in [3.05, 3.63) is 62.2 Å². The highest BCUT2D eigenvalue weighted by Crippen LogP contribution is 2.28. The van der Waals surface area contributed by atoms with Gasteiger partial charge in [-0.1, -0.05) is 31.2 Å². The van der Waals surface area contributed by atoms with Gasteiger partial charge in [0.05, 0.1) is 4.92 Å². The molecule has 0 radical (unpaired) electrons. The summed E-state index contributed by atoms with van der Waals surface area (Å²) in [5, 5.41) is 11.1. The first-order valence-corrected chi connectivity index (χ1v) is 7.39. The predicted molar refractivity (Wildman–Crippen MR) is 86.5 cm³/mol. The molecule has 5 nitrogen and oxygen atoms in total. The fourth-order valence-electron chi connectivity index (χ4n) is 2.08. The average Bonchev–Trinajstić information content (AvgIpc) is 2.47. The van der Waals surface area contributed by atoms with Crippen molar-refractivity contribution in [2.45, 2.75) is 19.9 Å². The van der Waals surface area contributed by atoms with Gasteiger partial charge in [-0.15, -0.1) is 0 Å². The number of anilines is 1. The third-order valence-electron chi connectivity index (χ3n) is 3.22. The monoisotopic (exact) mass is 349 g/mol. The third kappa shape index (κ3) is 3.78. The zero-order valence-electron chi connectivity index (χ0n) is 11.9. The van der Waals surface area contributed by atoms with Crippen molar-refractivity contribution in [3.63, 3.8) is 0 Å². The predicted octanol–water partition coefficient (Wildman–Crippen LogP) is 3.95. The summed E-state index contributed by atoms with van der Waals surface area (Å²) >= 11 is 3.21. The molecule has 0 aliphatic rings. The molecule has 0 saturated carbocycles. The highest BCUT2D eigenvalue weighted by atomic mass is 79.9. The molecule has 0 saturated heterocycles. The van der Waals surface area contributed by atoms with Crippen molar-refractivity contribution >= 4 is 27.4 Å². The maximum atomic E-state index is 11.1. The van der Waals surface area contributed by atoms with Crippen molar-refractivity contribution in [1.82, 2.24) is 4.98 Å². The molecule has 0 bridgehead atoms. The SMILES string of the molecule is CCc1ccc(CN(C)c2ncc(Br)cc2[N+](=O)[O-])cc1. The van der Waals surface area contributed by atoms with Gasteiger partial charge in [0.25, 0.3) is 0 Å². The number of aromatic nitrogens is 1. The average molecular weight is 350 g/mol. The highest BCUT2D eigenvalue weighted by molar-refractivity contribution is 9.10. The molecule has 6 heteroatoms. The summed E-state index contributed by atoms with van der Waals surface area (Å²) < 4.78 is 0.596. The maximum absolute atomic E-state index is 11.1. The lowest BCUT2D eigenvalue weighted by Gasteiger charge is -2.18. The molecule has 1 aromatic heterocycles. The van der Waals surface area contributed by atoms with E-state index < -0.39 is 4.92 Å². The molecule has 0 N–H and O–H groups in total. The lowest BCUT2D eigenvalue weighted by molar-refractivity contribution is -0.384. The molecule has 0 aliphatic carbocycles. The quantitative estimate of drug-likeness (QED) is 0.605. The first kappa shape index (κ1) is 15.4. The van der Waals surface area contributed by atoms with E-state index in [4.69, 9.17) is 0 Å². The van der Waals surface area contributed by atoms with Crippen LogP contribution in [0.4, 0.5) is 11.5 Å². The Bertz CT molecular complexity index is 644. The lowest BCUT2D eigenvalue weighted by atomic mass is 10.1. The molecule has 0 fully saturated rings. The van der Waals surface area contributed by atoms with Gasteiger partial charge in [-0.3, -0.25) is 10.1 Å². The minimum atomic E-state index is -0.413. The van der Waals surface area contributed by atoms with E-state index in [1.54, 1.807) is 18.1 Å². The molecule has 110 valence electrons. The smallest absolute Gasteiger partial charge is 0.312 e. The first-order valence-electron chi connectivity index (χ1n) is 6.60. The van der Waals surface area contributed by atoms with Crippen LogP contribution in [-0.2, 0) is 13.0 Å². The Morgan fingerprint density at radius 2 is 1.90 bits per heavy atom. The number of hydrogen-bond donors (Lipinski definition) is 0. The van der Waals surface area contributed by atoms with E-state index in [2.05, 4.69) is 40.0 Å². The summed E-state index contributed by atoms with van der Waals surface area (Å²) in [5.74, 6) is 0.364. The Kier molecular flexibility index (Phi) is 4.90. The fraction of sp³-hybridized carbons (Fsp3) is 0.267. The van der Waals surface area contributed by atoms with E-state index in [0.717, 1.165) is 12.0 Å². The Morgan fingerprint density at radius 1 is 1.29 bits per heavy atom. The summed E-state index contributed by atoms with van der Waals surface area (Å²) in [6, 6.07) is 9.71. The van der Waals surface area contributed by atoms with Crippen LogP contribution in [0.15, 0.2) is 41.0 Å². The van der Waals surface area contributed by atoms with E-state index in [0.29, 0.717) is 16.8 Å². The number of nitro groups is 1. The van der Waals surface area contributed by atoms with Gasteiger partial charge in [-0.05, 0) is 33.5 Å². The fourth-order valence-corrected chi connectivity index (χ4v) is 2.40. The third-order valence-corrected chi connectivity index (χ3v) is 3.66. The van der Waals surface area contributed by atoms with Gasteiger partial charge in [0.2, 0.25) is 5.82 Å². The second-order valence-electron chi connectivity index (χ2n) is 4.78. The number of rotatable bonds is 5. The number of nitrogens with zero attached hydrogens (tertiary/aromatic N) is 3. The van der Waals surface area contributed by atoms with Gasteiger partial charge < -0.3 is 4.90 Å². The van der Waals surface area contributed by atoms with E-state index in [1.807, 2.05) is 12.1 Å². The molecule has 0 unspecified atom stereocenters. The summed E-state index contributed by atoms with van der Waals surface area (Å²) in [6.07, 6.45) is 2.56. The number of aryl methyl sites for hydroxylation is 1. The van der Waals surface area contributed by atoms with Gasteiger partial charge in [-0.25, -0.2) is 4.98 Å². The molecule has 21 heavy (non-hydrogen) atoms. The van der Waals surface area contributed by atoms with Crippen LogP contribution in [0, 0.1) is 10.1 Å². The minimum Gasteiger partial charge on any atom is -0.350 e. The van der Waals surface area contributed by atoms with Crippen LogP contribution < -0.4 is 4.90 Å². The van der Waals surface area contributed by atoms with Crippen LogP contribution in [-0.4, -0.2) is 17.0 Å². The van der Waals surface area contributed by atoms with Gasteiger partial charge in [0, 0.05) is 30.3 Å². The first-order chi connectivity index (χ1) is 10.0. The second-order valence-corrected chi connectivity index (χ2v) is 5.70. The number of pyridine rings is 1. The van der Waals surface area contributed by atoms with Crippen molar-refractivity contribution < 1.29 is 4.92 Å². The lowest BCUT2D eigenvalue weighted by Crippen LogP contribution is -2.19. The maximum Gasteiger partial charge on any atom is 0.312 e. The summed E-state index contributed by atoms with van der Waals surface area (Å²) in [6.45, 7) is 2.68. The topological polar surface area (TPSA) is 59.3 Å². The van der Waals surface area contributed by atoms with Crippen LogP contribution in [0.25, 0.3) is 0 Å².